The Balaban J connectivity index is 1.60. The summed E-state index contributed by atoms with van der Waals surface area (Å²) < 4.78 is 14.9. The highest BCUT2D eigenvalue weighted by atomic mass is 32.2. The zero-order valence-electron chi connectivity index (χ0n) is 15.6. The van der Waals surface area contributed by atoms with E-state index in [4.69, 9.17) is 0 Å². The Morgan fingerprint density at radius 1 is 1.14 bits per heavy atom. The predicted octanol–water partition coefficient (Wildman–Crippen LogP) is 3.79. The molecule has 0 atom stereocenters. The Labute approximate surface area is 166 Å². The summed E-state index contributed by atoms with van der Waals surface area (Å²) >= 11 is 1.58. The van der Waals surface area contributed by atoms with Crippen molar-refractivity contribution in [3.8, 4) is 0 Å². The first-order chi connectivity index (χ1) is 13.6. The van der Waals surface area contributed by atoms with Gasteiger partial charge in [-0.1, -0.05) is 43.0 Å². The first-order valence-electron chi connectivity index (χ1n) is 8.75. The molecule has 0 bridgehead atoms. The average molecular weight is 397 g/mol. The molecule has 1 heterocycles. The number of amides is 1. The lowest BCUT2D eigenvalue weighted by atomic mass is 10.1. The van der Waals surface area contributed by atoms with Gasteiger partial charge in [0.2, 0.25) is 0 Å². The fraction of sp³-hybridized carbons (Fsp3) is 0.200. The number of hydrazone groups is 1. The van der Waals surface area contributed by atoms with Crippen molar-refractivity contribution in [2.24, 2.45) is 12.1 Å². The van der Waals surface area contributed by atoms with Crippen LogP contribution >= 0.6 is 11.8 Å². The Morgan fingerprint density at radius 2 is 1.82 bits per heavy atom. The van der Waals surface area contributed by atoms with Gasteiger partial charge in [0.15, 0.2) is 5.16 Å². The summed E-state index contributed by atoms with van der Waals surface area (Å²) in [5.41, 5.74) is 5.63. The molecule has 0 unspecified atom stereocenters. The molecule has 6 nitrogen and oxygen atoms in total. The maximum absolute atomic E-state index is 13.1. The number of hydrogen-bond donors (Lipinski definition) is 1. The molecule has 3 aromatic rings. The highest BCUT2D eigenvalue weighted by molar-refractivity contribution is 7.98. The van der Waals surface area contributed by atoms with Gasteiger partial charge in [0.05, 0.1) is 5.71 Å². The molecular formula is C20H20FN5OS. The largest absolute Gasteiger partial charge is 0.312 e. The van der Waals surface area contributed by atoms with Gasteiger partial charge in [-0.3, -0.25) is 4.79 Å². The van der Waals surface area contributed by atoms with E-state index in [-0.39, 0.29) is 11.7 Å². The van der Waals surface area contributed by atoms with Crippen LogP contribution in [0.1, 0.15) is 34.8 Å². The summed E-state index contributed by atoms with van der Waals surface area (Å²) in [6, 6.07) is 13.4. The number of aryl methyl sites for hydroxylation is 1. The van der Waals surface area contributed by atoms with Gasteiger partial charge >= 0.3 is 0 Å². The van der Waals surface area contributed by atoms with Gasteiger partial charge in [0.1, 0.15) is 12.1 Å². The minimum Gasteiger partial charge on any atom is -0.312 e. The summed E-state index contributed by atoms with van der Waals surface area (Å²) in [4.78, 5) is 12.3. The van der Waals surface area contributed by atoms with E-state index >= 15 is 0 Å². The van der Waals surface area contributed by atoms with Crippen LogP contribution < -0.4 is 5.43 Å². The van der Waals surface area contributed by atoms with E-state index in [0.717, 1.165) is 22.0 Å². The molecule has 0 aliphatic carbocycles. The molecule has 144 valence electrons. The van der Waals surface area contributed by atoms with Crippen molar-refractivity contribution >= 4 is 23.4 Å². The molecule has 8 heteroatoms. The van der Waals surface area contributed by atoms with Gasteiger partial charge in [-0.05, 0) is 41.8 Å². The van der Waals surface area contributed by atoms with Gasteiger partial charge < -0.3 is 4.57 Å². The standard InChI is InChI=1S/C20H20FN5OS/c1-3-18(15-8-10-17(21)11-9-15)23-24-19(27)16-6-4-14(5-7-16)12-28-20-25-22-13-26(20)2/h4-11,13H,3,12H2,1-2H3,(H,24,27)/b23-18-. The van der Waals surface area contributed by atoms with Crippen LogP contribution in [0.15, 0.2) is 65.1 Å². The lowest BCUT2D eigenvalue weighted by Crippen LogP contribution is -2.20. The Hall–Kier alpha value is -3.00. The van der Waals surface area contributed by atoms with Crippen LogP contribution in [-0.4, -0.2) is 26.4 Å². The fourth-order valence-electron chi connectivity index (χ4n) is 2.48. The maximum Gasteiger partial charge on any atom is 0.271 e. The normalized spacial score (nSPS) is 11.5. The third-order valence-corrected chi connectivity index (χ3v) is 5.16. The number of rotatable bonds is 7. The first kappa shape index (κ1) is 19.8. The number of hydrogen-bond acceptors (Lipinski definition) is 5. The molecule has 0 aliphatic heterocycles. The van der Waals surface area contributed by atoms with Crippen molar-refractivity contribution in [3.05, 3.63) is 77.4 Å². The van der Waals surface area contributed by atoms with E-state index in [1.54, 1.807) is 42.4 Å². The fourth-order valence-corrected chi connectivity index (χ4v) is 3.32. The smallest absolute Gasteiger partial charge is 0.271 e. The number of thioether (sulfide) groups is 1. The van der Waals surface area contributed by atoms with E-state index < -0.39 is 0 Å². The molecular weight excluding hydrogens is 377 g/mol. The van der Waals surface area contributed by atoms with Gasteiger partial charge in [-0.25, -0.2) is 9.82 Å². The topological polar surface area (TPSA) is 72.2 Å². The van der Waals surface area contributed by atoms with Crippen LogP contribution in [0.25, 0.3) is 0 Å². The molecule has 0 saturated carbocycles. The first-order valence-corrected chi connectivity index (χ1v) is 9.74. The Morgan fingerprint density at radius 3 is 2.43 bits per heavy atom. The van der Waals surface area contributed by atoms with E-state index in [1.807, 2.05) is 30.7 Å². The molecule has 1 amide bonds. The van der Waals surface area contributed by atoms with E-state index in [2.05, 4.69) is 20.7 Å². The molecule has 2 aromatic carbocycles. The number of nitrogens with zero attached hydrogens (tertiary/aromatic N) is 4. The molecule has 0 radical (unpaired) electrons. The van der Waals surface area contributed by atoms with Crippen LogP contribution in [0, 0.1) is 5.82 Å². The molecule has 0 fully saturated rings. The van der Waals surface area contributed by atoms with Gasteiger partial charge in [0, 0.05) is 18.4 Å². The van der Waals surface area contributed by atoms with Crippen LogP contribution in [0.2, 0.25) is 0 Å². The Bertz CT molecular complexity index is 967. The van der Waals surface area contributed by atoms with E-state index in [1.165, 1.54) is 12.1 Å². The van der Waals surface area contributed by atoms with Crippen molar-refractivity contribution in [1.29, 1.82) is 0 Å². The van der Waals surface area contributed by atoms with Crippen LogP contribution in [0.5, 0.6) is 0 Å². The molecule has 0 spiro atoms. The number of carbonyl (C=O) groups excluding carboxylic acids is 1. The highest BCUT2D eigenvalue weighted by Gasteiger charge is 2.08. The maximum atomic E-state index is 13.1. The summed E-state index contributed by atoms with van der Waals surface area (Å²) in [5.74, 6) is 0.137. The van der Waals surface area contributed by atoms with Crippen LogP contribution in [0.3, 0.4) is 0 Å². The highest BCUT2D eigenvalue weighted by Crippen LogP contribution is 2.20. The quantitative estimate of drug-likeness (QED) is 0.374. The third-order valence-electron chi connectivity index (χ3n) is 4.06. The van der Waals surface area contributed by atoms with Crippen molar-refractivity contribution in [2.75, 3.05) is 0 Å². The third kappa shape index (κ3) is 5.04. The summed E-state index contributed by atoms with van der Waals surface area (Å²) in [7, 11) is 1.90. The second-order valence-corrected chi connectivity index (χ2v) is 7.01. The van der Waals surface area contributed by atoms with Crippen LogP contribution in [-0.2, 0) is 12.8 Å². The second-order valence-electron chi connectivity index (χ2n) is 6.07. The van der Waals surface area contributed by atoms with Gasteiger partial charge in [-0.15, -0.1) is 10.2 Å². The molecule has 0 aliphatic rings. The van der Waals surface area contributed by atoms with E-state index in [0.29, 0.717) is 17.7 Å². The van der Waals surface area contributed by atoms with Crippen molar-refractivity contribution < 1.29 is 9.18 Å². The molecule has 0 saturated heterocycles. The number of aromatic nitrogens is 3. The number of carbonyl (C=O) groups is 1. The number of halogens is 1. The lowest BCUT2D eigenvalue weighted by molar-refractivity contribution is 0.0955. The van der Waals surface area contributed by atoms with Gasteiger partial charge in [0.25, 0.3) is 5.91 Å². The average Bonchev–Trinajstić information content (AvgIpc) is 3.13. The predicted molar refractivity (Wildman–Crippen MR) is 108 cm³/mol. The molecule has 1 N–H and O–H groups in total. The minimum atomic E-state index is -0.305. The molecule has 28 heavy (non-hydrogen) atoms. The van der Waals surface area contributed by atoms with Gasteiger partial charge in [-0.2, -0.15) is 5.10 Å². The Kier molecular flexibility index (Phi) is 6.54. The summed E-state index contributed by atoms with van der Waals surface area (Å²) in [5, 5.41) is 12.9. The number of benzene rings is 2. The second kappa shape index (κ2) is 9.27. The summed E-state index contributed by atoms with van der Waals surface area (Å²) in [6.07, 6.45) is 2.27. The van der Waals surface area contributed by atoms with Crippen molar-refractivity contribution in [3.63, 3.8) is 0 Å². The van der Waals surface area contributed by atoms with E-state index in [9.17, 15) is 9.18 Å². The van der Waals surface area contributed by atoms with Crippen molar-refractivity contribution in [1.82, 2.24) is 20.2 Å². The SMILES string of the molecule is CC/C(=N/NC(=O)c1ccc(CSc2nncn2C)cc1)c1ccc(F)cc1. The monoisotopic (exact) mass is 397 g/mol. The number of nitrogens with one attached hydrogen (secondary N) is 1. The zero-order chi connectivity index (χ0) is 19.9. The van der Waals surface area contributed by atoms with Crippen LogP contribution in [0.4, 0.5) is 4.39 Å². The summed E-state index contributed by atoms with van der Waals surface area (Å²) in [6.45, 7) is 1.93. The zero-order valence-corrected chi connectivity index (χ0v) is 16.4. The van der Waals surface area contributed by atoms with Crippen molar-refractivity contribution in [2.45, 2.75) is 24.3 Å². The molecule has 1 aromatic heterocycles. The lowest BCUT2D eigenvalue weighted by Gasteiger charge is -2.06. The minimum absolute atomic E-state index is 0.291. The molecule has 3 rings (SSSR count).